The molecule has 0 rings (SSSR count). The molecular formula is C18H41N3O6. The first-order chi connectivity index (χ1) is 12.6. The van der Waals surface area contributed by atoms with Crippen molar-refractivity contribution in [2.24, 2.45) is 0 Å². The Balaban J connectivity index is 4.30. The predicted molar refractivity (Wildman–Crippen MR) is 105 cm³/mol. The van der Waals surface area contributed by atoms with Gasteiger partial charge in [-0.3, -0.25) is 0 Å². The molecule has 3 atom stereocenters. The Labute approximate surface area is 164 Å². The molecule has 164 valence electrons. The van der Waals surface area contributed by atoms with Gasteiger partial charge in [0, 0.05) is 19.6 Å². The molecule has 3 unspecified atom stereocenters. The van der Waals surface area contributed by atoms with Crippen molar-refractivity contribution in [2.75, 3.05) is 95.0 Å². The minimum Gasteiger partial charge on any atom is -0.389 e. The lowest BCUT2D eigenvalue weighted by atomic mass is 10.3. The molecule has 0 amide bonds. The van der Waals surface area contributed by atoms with E-state index in [1.807, 2.05) is 57.0 Å². The number of nitrogens with zero attached hydrogens (tertiary/aromatic N) is 3. The number of aliphatic hydroxyl groups is 3. The molecule has 0 heterocycles. The van der Waals surface area contributed by atoms with Crippen LogP contribution >= 0.6 is 0 Å². The smallest absolute Gasteiger partial charge is 0.104 e. The Hall–Kier alpha value is -0.360. The number of ether oxygens (including phenoxy) is 3. The second kappa shape index (κ2) is 15.5. The molecule has 9 heteroatoms. The van der Waals surface area contributed by atoms with Crippen LogP contribution in [0.1, 0.15) is 0 Å². The number of rotatable bonds is 17. The summed E-state index contributed by atoms with van der Waals surface area (Å²) in [5.41, 5.74) is 0. The van der Waals surface area contributed by atoms with Crippen LogP contribution in [0.15, 0.2) is 0 Å². The van der Waals surface area contributed by atoms with Crippen molar-refractivity contribution in [1.29, 1.82) is 0 Å². The molecule has 0 aromatic heterocycles. The fourth-order valence-corrected chi connectivity index (χ4v) is 2.49. The summed E-state index contributed by atoms with van der Waals surface area (Å²) in [6.45, 7) is 2.56. The SMILES string of the molecule is CN(C)CC(O)COCC(COCC(O)CN(C)C)OCC(O)CN(C)C. The Morgan fingerprint density at radius 3 is 1.22 bits per heavy atom. The number of hydrogen-bond acceptors (Lipinski definition) is 9. The molecule has 3 N–H and O–H groups in total. The number of likely N-dealkylation sites (N-methyl/N-ethyl adjacent to an activating group) is 3. The lowest BCUT2D eigenvalue weighted by molar-refractivity contribution is -0.0996. The molecule has 0 aromatic carbocycles. The molecule has 27 heavy (non-hydrogen) atoms. The highest BCUT2D eigenvalue weighted by Gasteiger charge is 2.16. The zero-order valence-electron chi connectivity index (χ0n) is 17.9. The Kier molecular flexibility index (Phi) is 15.3. The van der Waals surface area contributed by atoms with E-state index in [2.05, 4.69) is 0 Å². The van der Waals surface area contributed by atoms with Crippen molar-refractivity contribution in [3.8, 4) is 0 Å². The van der Waals surface area contributed by atoms with E-state index in [0.29, 0.717) is 19.6 Å². The third-order valence-corrected chi connectivity index (χ3v) is 3.48. The van der Waals surface area contributed by atoms with Gasteiger partial charge < -0.3 is 44.2 Å². The summed E-state index contributed by atoms with van der Waals surface area (Å²) in [5, 5.41) is 29.7. The first-order valence-electron chi connectivity index (χ1n) is 9.35. The second-order valence-corrected chi connectivity index (χ2v) is 7.78. The van der Waals surface area contributed by atoms with Crippen molar-refractivity contribution < 1.29 is 29.5 Å². The maximum absolute atomic E-state index is 9.95. The Morgan fingerprint density at radius 2 is 0.889 bits per heavy atom. The summed E-state index contributed by atoms with van der Waals surface area (Å²) in [4.78, 5) is 5.65. The first-order valence-corrected chi connectivity index (χ1v) is 9.35. The molecule has 0 aliphatic carbocycles. The van der Waals surface area contributed by atoms with E-state index in [0.717, 1.165) is 0 Å². The molecular weight excluding hydrogens is 354 g/mol. The first kappa shape index (κ1) is 26.6. The maximum Gasteiger partial charge on any atom is 0.104 e. The fourth-order valence-electron chi connectivity index (χ4n) is 2.49. The van der Waals surface area contributed by atoms with Gasteiger partial charge in [-0.1, -0.05) is 0 Å². The average molecular weight is 396 g/mol. The van der Waals surface area contributed by atoms with Crippen molar-refractivity contribution in [3.63, 3.8) is 0 Å². The Bertz CT molecular complexity index is 325. The summed E-state index contributed by atoms with van der Waals surface area (Å²) < 4.78 is 16.8. The second-order valence-electron chi connectivity index (χ2n) is 7.78. The van der Waals surface area contributed by atoms with Gasteiger partial charge in [0.15, 0.2) is 0 Å². The predicted octanol–water partition coefficient (Wildman–Crippen LogP) is -1.83. The summed E-state index contributed by atoms with van der Waals surface area (Å²) in [6, 6.07) is 0. The maximum atomic E-state index is 9.95. The fraction of sp³-hybridized carbons (Fsp3) is 1.00. The largest absolute Gasteiger partial charge is 0.389 e. The van der Waals surface area contributed by atoms with Crippen molar-refractivity contribution >= 4 is 0 Å². The zero-order valence-corrected chi connectivity index (χ0v) is 17.9. The minimum absolute atomic E-state index is 0.163. The highest BCUT2D eigenvalue weighted by molar-refractivity contribution is 4.64. The monoisotopic (exact) mass is 395 g/mol. The third-order valence-electron chi connectivity index (χ3n) is 3.48. The molecule has 0 aliphatic heterocycles. The molecule has 0 fully saturated rings. The van der Waals surface area contributed by atoms with Crippen LogP contribution in [-0.4, -0.2) is 149 Å². The van der Waals surface area contributed by atoms with Crippen molar-refractivity contribution in [3.05, 3.63) is 0 Å². The standard InChI is InChI=1S/C18H41N3O6/c1-19(2)7-15(22)10-25-13-18(27-12-17(24)9-21(5)6)14-26-11-16(23)8-20(3)4/h15-18,22-24H,7-14H2,1-6H3. The van der Waals surface area contributed by atoms with Gasteiger partial charge in [0.05, 0.1) is 51.3 Å². The quantitative estimate of drug-likeness (QED) is 0.263. The number of aliphatic hydroxyl groups excluding tert-OH is 3. The molecule has 9 nitrogen and oxygen atoms in total. The minimum atomic E-state index is -0.610. The van der Waals surface area contributed by atoms with E-state index >= 15 is 0 Å². The molecule has 0 aromatic rings. The summed E-state index contributed by atoms with van der Waals surface area (Å²) >= 11 is 0. The summed E-state index contributed by atoms with van der Waals surface area (Å²) in [7, 11) is 11.3. The summed E-state index contributed by atoms with van der Waals surface area (Å²) in [6.07, 6.45) is -2.16. The van der Waals surface area contributed by atoms with Crippen LogP contribution in [0.5, 0.6) is 0 Å². The van der Waals surface area contributed by atoms with Crippen LogP contribution in [0.25, 0.3) is 0 Å². The Morgan fingerprint density at radius 1 is 0.556 bits per heavy atom. The van der Waals surface area contributed by atoms with E-state index < -0.39 is 18.3 Å². The van der Waals surface area contributed by atoms with Gasteiger partial charge in [0.25, 0.3) is 0 Å². The van der Waals surface area contributed by atoms with Gasteiger partial charge in [0.1, 0.15) is 6.10 Å². The third kappa shape index (κ3) is 17.5. The van der Waals surface area contributed by atoms with E-state index in [1.165, 1.54) is 0 Å². The molecule has 0 saturated heterocycles. The number of hydrogen-bond donors (Lipinski definition) is 3. The van der Waals surface area contributed by atoms with E-state index in [9.17, 15) is 15.3 Å². The van der Waals surface area contributed by atoms with E-state index in [4.69, 9.17) is 14.2 Å². The zero-order chi connectivity index (χ0) is 20.8. The highest BCUT2D eigenvalue weighted by Crippen LogP contribution is 2.01. The normalized spacial score (nSPS) is 16.9. The van der Waals surface area contributed by atoms with E-state index in [-0.39, 0.29) is 39.1 Å². The van der Waals surface area contributed by atoms with Crippen LogP contribution in [0.2, 0.25) is 0 Å². The topological polar surface area (TPSA) is 98.1 Å². The molecule has 0 saturated carbocycles. The van der Waals surface area contributed by atoms with Gasteiger partial charge in [0.2, 0.25) is 0 Å². The van der Waals surface area contributed by atoms with Gasteiger partial charge in [-0.05, 0) is 42.3 Å². The lowest BCUT2D eigenvalue weighted by Gasteiger charge is -2.23. The average Bonchev–Trinajstić information content (AvgIpc) is 2.49. The van der Waals surface area contributed by atoms with Gasteiger partial charge >= 0.3 is 0 Å². The molecule has 0 spiro atoms. The highest BCUT2D eigenvalue weighted by atomic mass is 16.6. The van der Waals surface area contributed by atoms with Crippen molar-refractivity contribution in [2.45, 2.75) is 24.4 Å². The van der Waals surface area contributed by atoms with Gasteiger partial charge in [-0.25, -0.2) is 0 Å². The van der Waals surface area contributed by atoms with Crippen LogP contribution in [0, 0.1) is 0 Å². The molecule has 0 radical (unpaired) electrons. The molecule has 0 bridgehead atoms. The van der Waals surface area contributed by atoms with Crippen LogP contribution < -0.4 is 0 Å². The van der Waals surface area contributed by atoms with Crippen molar-refractivity contribution in [1.82, 2.24) is 14.7 Å². The van der Waals surface area contributed by atoms with E-state index in [1.54, 1.807) is 0 Å². The molecule has 0 aliphatic rings. The van der Waals surface area contributed by atoms with Gasteiger partial charge in [-0.15, -0.1) is 0 Å². The summed E-state index contributed by atoms with van der Waals surface area (Å²) in [5.74, 6) is 0. The van der Waals surface area contributed by atoms with Crippen LogP contribution in [0.4, 0.5) is 0 Å². The lowest BCUT2D eigenvalue weighted by Crippen LogP contribution is -2.36. The van der Waals surface area contributed by atoms with Crippen LogP contribution in [0.3, 0.4) is 0 Å². The van der Waals surface area contributed by atoms with Gasteiger partial charge in [-0.2, -0.15) is 0 Å². The van der Waals surface area contributed by atoms with Crippen LogP contribution in [-0.2, 0) is 14.2 Å².